The van der Waals surface area contributed by atoms with Gasteiger partial charge in [0.25, 0.3) is 0 Å². The first-order valence-corrected chi connectivity index (χ1v) is 2.20. The molecule has 0 saturated carbocycles. The van der Waals surface area contributed by atoms with Crippen LogP contribution in [0.1, 0.15) is 42.0 Å². The maximum Gasteiger partial charge on any atom is -0.00297 e. The third-order valence-corrected chi connectivity index (χ3v) is 0. The molecule has 0 aliphatic carbocycles. The SMILES string of the molecule is C.C.C#CC.CCC. The highest BCUT2D eigenvalue weighted by Gasteiger charge is 1.35. The molecule has 0 bridgehead atoms. The fraction of sp³-hybridized carbons (Fsp3) is 0.750. The molecule has 0 atom stereocenters. The summed E-state index contributed by atoms with van der Waals surface area (Å²) in [6.07, 6.45) is 5.85. The standard InChI is InChI=1S/C3H8.C3H4.2CH4/c2*1-3-2;;/h3H2,1-2H3;1H,2H3;2*1H4. The topological polar surface area (TPSA) is 0 Å². The largest absolute Gasteiger partial charge is 0.120 e. The first-order chi connectivity index (χ1) is 2.83. The van der Waals surface area contributed by atoms with Gasteiger partial charge in [-0.15, -0.1) is 12.3 Å². The van der Waals surface area contributed by atoms with Gasteiger partial charge in [-0.25, -0.2) is 0 Å². The second kappa shape index (κ2) is 83.3. The average Bonchev–Trinajstić information content (AvgIpc) is 1.39. The van der Waals surface area contributed by atoms with Crippen molar-refractivity contribution in [2.24, 2.45) is 0 Å². The van der Waals surface area contributed by atoms with Crippen molar-refractivity contribution in [2.45, 2.75) is 42.0 Å². The molecule has 0 saturated heterocycles. The molecular formula is C8H20. The van der Waals surface area contributed by atoms with Gasteiger partial charge in [0.15, 0.2) is 0 Å². The van der Waals surface area contributed by atoms with Crippen LogP contribution in [-0.4, -0.2) is 0 Å². The predicted octanol–water partition coefficient (Wildman–Crippen LogP) is 3.33. The second-order valence-corrected chi connectivity index (χ2v) is 0.996. The predicted molar refractivity (Wildman–Crippen MR) is 43.9 cm³/mol. The van der Waals surface area contributed by atoms with Crippen molar-refractivity contribution in [1.82, 2.24) is 0 Å². The summed E-state index contributed by atoms with van der Waals surface area (Å²) >= 11 is 0. The molecule has 0 unspecified atom stereocenters. The Hall–Kier alpha value is -0.440. The first-order valence-electron chi connectivity index (χ1n) is 2.20. The van der Waals surface area contributed by atoms with Crippen molar-refractivity contribution >= 4 is 0 Å². The summed E-state index contributed by atoms with van der Waals surface area (Å²) in [4.78, 5) is 0. The average molecular weight is 116 g/mol. The zero-order valence-corrected chi connectivity index (χ0v) is 4.78. The van der Waals surface area contributed by atoms with Crippen LogP contribution < -0.4 is 0 Å². The lowest BCUT2D eigenvalue weighted by Crippen LogP contribution is -1.27. The highest BCUT2D eigenvalue weighted by atomic mass is 13.4. The van der Waals surface area contributed by atoms with E-state index in [0.717, 1.165) is 0 Å². The van der Waals surface area contributed by atoms with Gasteiger partial charge < -0.3 is 0 Å². The lowest BCUT2D eigenvalue weighted by molar-refractivity contribution is 1.09. The monoisotopic (exact) mass is 116 g/mol. The number of hydrogen-bond donors (Lipinski definition) is 0. The van der Waals surface area contributed by atoms with E-state index in [-0.39, 0.29) is 14.9 Å². The normalized spacial score (nSPS) is 3.25. The molecule has 0 aliphatic rings. The van der Waals surface area contributed by atoms with Gasteiger partial charge in [0.2, 0.25) is 0 Å². The van der Waals surface area contributed by atoms with Crippen molar-refractivity contribution in [3.05, 3.63) is 0 Å². The molecule has 0 rings (SSSR count). The van der Waals surface area contributed by atoms with Gasteiger partial charge in [-0.3, -0.25) is 0 Å². The molecule has 0 fully saturated rings. The van der Waals surface area contributed by atoms with E-state index in [1.807, 2.05) is 0 Å². The van der Waals surface area contributed by atoms with Gasteiger partial charge >= 0.3 is 0 Å². The quantitative estimate of drug-likeness (QED) is 0.426. The molecule has 0 spiro atoms. The van der Waals surface area contributed by atoms with Crippen molar-refractivity contribution < 1.29 is 0 Å². The summed E-state index contributed by atoms with van der Waals surface area (Å²) in [7, 11) is 0. The summed E-state index contributed by atoms with van der Waals surface area (Å²) in [6.45, 7) is 5.90. The van der Waals surface area contributed by atoms with Gasteiger partial charge in [-0.1, -0.05) is 35.1 Å². The van der Waals surface area contributed by atoms with Crippen LogP contribution in [0.5, 0.6) is 0 Å². The fourth-order valence-corrected chi connectivity index (χ4v) is 0. The molecule has 0 nitrogen and oxygen atoms in total. The first kappa shape index (κ1) is 25.7. The molecule has 0 N–H and O–H groups in total. The lowest BCUT2D eigenvalue weighted by Gasteiger charge is -1.48. The Bertz CT molecular complexity index is 29.8. The Balaban J connectivity index is -0.0000000160. The van der Waals surface area contributed by atoms with E-state index >= 15 is 0 Å². The van der Waals surface area contributed by atoms with Crippen LogP contribution in [0.4, 0.5) is 0 Å². The highest BCUT2D eigenvalue weighted by Crippen LogP contribution is 1.56. The fourth-order valence-electron chi connectivity index (χ4n) is 0. The zero-order chi connectivity index (χ0) is 5.41. The van der Waals surface area contributed by atoms with Crippen LogP contribution >= 0.6 is 0 Å². The Labute approximate surface area is 55.3 Å². The van der Waals surface area contributed by atoms with Crippen LogP contribution in [0.3, 0.4) is 0 Å². The van der Waals surface area contributed by atoms with Crippen LogP contribution in [0.2, 0.25) is 0 Å². The molecule has 8 heavy (non-hydrogen) atoms. The summed E-state index contributed by atoms with van der Waals surface area (Å²) in [6, 6.07) is 0. The smallest absolute Gasteiger partial charge is 0.00297 e. The maximum absolute atomic E-state index is 4.60. The summed E-state index contributed by atoms with van der Waals surface area (Å²) in [5.41, 5.74) is 0. The lowest BCUT2D eigenvalue weighted by atomic mass is 10.6. The van der Waals surface area contributed by atoms with E-state index < -0.39 is 0 Å². The summed E-state index contributed by atoms with van der Waals surface area (Å²) in [5.74, 6) is 2.25. The molecule has 0 heteroatoms. The highest BCUT2D eigenvalue weighted by molar-refractivity contribution is 4.73. The minimum absolute atomic E-state index is 0. The van der Waals surface area contributed by atoms with Gasteiger partial charge in [0.1, 0.15) is 0 Å². The van der Waals surface area contributed by atoms with E-state index in [1.165, 1.54) is 6.42 Å². The Kier molecular flexibility index (Phi) is 267. The van der Waals surface area contributed by atoms with E-state index in [1.54, 1.807) is 6.92 Å². The van der Waals surface area contributed by atoms with Gasteiger partial charge in [0, 0.05) is 0 Å². The van der Waals surface area contributed by atoms with Crippen LogP contribution in [0, 0.1) is 12.3 Å². The van der Waals surface area contributed by atoms with Gasteiger partial charge in [-0.05, 0) is 6.92 Å². The molecular weight excluding hydrogens is 96.1 g/mol. The number of terminal acetylenes is 1. The van der Waals surface area contributed by atoms with Crippen molar-refractivity contribution in [3.63, 3.8) is 0 Å². The maximum atomic E-state index is 4.60. The zero-order valence-electron chi connectivity index (χ0n) is 4.78. The van der Waals surface area contributed by atoms with Crippen LogP contribution in [0.15, 0.2) is 0 Å². The van der Waals surface area contributed by atoms with Crippen LogP contribution in [-0.2, 0) is 0 Å². The molecule has 0 aromatic carbocycles. The summed E-state index contributed by atoms with van der Waals surface area (Å²) < 4.78 is 0. The molecule has 0 amide bonds. The van der Waals surface area contributed by atoms with E-state index in [0.29, 0.717) is 0 Å². The van der Waals surface area contributed by atoms with Crippen molar-refractivity contribution in [1.29, 1.82) is 0 Å². The molecule has 0 radical (unpaired) electrons. The molecule has 0 aromatic rings. The minimum Gasteiger partial charge on any atom is -0.120 e. The third-order valence-electron chi connectivity index (χ3n) is 0. The molecule has 52 valence electrons. The van der Waals surface area contributed by atoms with E-state index in [9.17, 15) is 0 Å². The molecule has 0 heterocycles. The molecule has 0 aromatic heterocycles. The van der Waals surface area contributed by atoms with Crippen molar-refractivity contribution in [3.8, 4) is 12.3 Å². The van der Waals surface area contributed by atoms with Crippen LogP contribution in [0.25, 0.3) is 0 Å². The van der Waals surface area contributed by atoms with Crippen molar-refractivity contribution in [2.75, 3.05) is 0 Å². The number of hydrogen-bond acceptors (Lipinski definition) is 0. The van der Waals surface area contributed by atoms with Gasteiger partial charge in [0.05, 0.1) is 0 Å². The van der Waals surface area contributed by atoms with E-state index in [2.05, 4.69) is 26.2 Å². The third kappa shape index (κ3) is 597. The van der Waals surface area contributed by atoms with Gasteiger partial charge in [-0.2, -0.15) is 0 Å². The summed E-state index contributed by atoms with van der Waals surface area (Å²) in [5, 5.41) is 0. The second-order valence-electron chi connectivity index (χ2n) is 0.996. The molecule has 0 aliphatic heterocycles. The van der Waals surface area contributed by atoms with E-state index in [4.69, 9.17) is 0 Å². The number of rotatable bonds is 0. The minimum atomic E-state index is 0. The Morgan fingerprint density at radius 2 is 1.25 bits per heavy atom. The Morgan fingerprint density at radius 1 is 1.25 bits per heavy atom. The Morgan fingerprint density at radius 3 is 1.25 bits per heavy atom.